The smallest absolute Gasteiger partial charge is 0.322 e. The fourth-order valence-corrected chi connectivity index (χ4v) is 1.94. The predicted molar refractivity (Wildman–Crippen MR) is 83.1 cm³/mol. The van der Waals surface area contributed by atoms with Gasteiger partial charge in [0.2, 0.25) is 0 Å². The van der Waals surface area contributed by atoms with Gasteiger partial charge in [0.25, 0.3) is 0 Å². The molecular formula is C16H23FN2O3. The van der Waals surface area contributed by atoms with Gasteiger partial charge < -0.3 is 15.0 Å². The number of hydrogen-bond acceptors (Lipinski definition) is 3. The lowest BCUT2D eigenvalue weighted by atomic mass is 10.2. The maximum atomic E-state index is 13.6. The van der Waals surface area contributed by atoms with Gasteiger partial charge in [-0.25, -0.2) is 9.18 Å². The molecule has 0 aliphatic heterocycles. The van der Waals surface area contributed by atoms with Crippen molar-refractivity contribution in [3.05, 3.63) is 30.1 Å². The van der Waals surface area contributed by atoms with Crippen LogP contribution < -0.4 is 5.32 Å². The van der Waals surface area contributed by atoms with Crippen LogP contribution in [0.2, 0.25) is 0 Å². The van der Waals surface area contributed by atoms with Crippen molar-refractivity contribution in [3.8, 4) is 0 Å². The number of amides is 2. The lowest BCUT2D eigenvalue weighted by Crippen LogP contribution is -2.42. The molecule has 0 spiro atoms. The maximum Gasteiger partial charge on any atom is 0.322 e. The Hall–Kier alpha value is -2.11. The summed E-state index contributed by atoms with van der Waals surface area (Å²) >= 11 is 0. The summed E-state index contributed by atoms with van der Waals surface area (Å²) in [6, 6.07) is 5.48. The highest BCUT2D eigenvalue weighted by atomic mass is 19.1. The summed E-state index contributed by atoms with van der Waals surface area (Å²) in [5, 5.41) is 2.54. The van der Waals surface area contributed by atoms with Crippen molar-refractivity contribution in [1.82, 2.24) is 4.90 Å². The number of anilines is 1. The SMILES string of the molecule is CCOC(=O)CCN(C(=O)Nc1ccccc1F)C(C)CC. The van der Waals surface area contributed by atoms with E-state index in [-0.39, 0.29) is 30.7 Å². The first-order valence-electron chi connectivity index (χ1n) is 7.47. The van der Waals surface area contributed by atoms with Crippen LogP contribution in [0.1, 0.15) is 33.6 Å². The molecule has 5 nitrogen and oxygen atoms in total. The molecule has 0 bridgehead atoms. The number of hydrogen-bond donors (Lipinski definition) is 1. The van der Waals surface area contributed by atoms with E-state index in [0.717, 1.165) is 6.42 Å². The van der Waals surface area contributed by atoms with E-state index in [1.165, 1.54) is 17.0 Å². The van der Waals surface area contributed by atoms with E-state index >= 15 is 0 Å². The van der Waals surface area contributed by atoms with Gasteiger partial charge in [0.15, 0.2) is 0 Å². The summed E-state index contributed by atoms with van der Waals surface area (Å²) in [6.07, 6.45) is 0.844. The number of halogens is 1. The third-order valence-corrected chi connectivity index (χ3v) is 3.36. The Morgan fingerprint density at radius 1 is 1.32 bits per heavy atom. The Morgan fingerprint density at radius 3 is 2.59 bits per heavy atom. The van der Waals surface area contributed by atoms with Crippen molar-refractivity contribution in [2.24, 2.45) is 0 Å². The third-order valence-electron chi connectivity index (χ3n) is 3.36. The quantitative estimate of drug-likeness (QED) is 0.785. The Balaban J connectivity index is 2.72. The number of esters is 1. The number of benzene rings is 1. The molecule has 0 aliphatic rings. The molecule has 0 radical (unpaired) electrons. The molecular weight excluding hydrogens is 287 g/mol. The van der Waals surface area contributed by atoms with Crippen molar-refractivity contribution in [1.29, 1.82) is 0 Å². The van der Waals surface area contributed by atoms with E-state index in [1.54, 1.807) is 19.1 Å². The summed E-state index contributed by atoms with van der Waals surface area (Å²) < 4.78 is 18.5. The van der Waals surface area contributed by atoms with E-state index in [0.29, 0.717) is 6.61 Å². The predicted octanol–water partition coefficient (Wildman–Crippen LogP) is 3.41. The van der Waals surface area contributed by atoms with Gasteiger partial charge in [-0.05, 0) is 32.4 Å². The van der Waals surface area contributed by atoms with Crippen LogP contribution in [0.4, 0.5) is 14.9 Å². The monoisotopic (exact) mass is 310 g/mol. The fraction of sp³-hybridized carbons (Fsp3) is 0.500. The second kappa shape index (κ2) is 9.02. The van der Waals surface area contributed by atoms with Crippen LogP contribution >= 0.6 is 0 Å². The Kier molecular flexibility index (Phi) is 7.36. The van der Waals surface area contributed by atoms with Crippen molar-refractivity contribution in [3.63, 3.8) is 0 Å². The van der Waals surface area contributed by atoms with Crippen LogP contribution in [0.3, 0.4) is 0 Å². The minimum Gasteiger partial charge on any atom is -0.466 e. The topological polar surface area (TPSA) is 58.6 Å². The van der Waals surface area contributed by atoms with Gasteiger partial charge in [-0.3, -0.25) is 4.79 Å². The highest BCUT2D eigenvalue weighted by Gasteiger charge is 2.21. The molecule has 1 N–H and O–H groups in total. The highest BCUT2D eigenvalue weighted by Crippen LogP contribution is 2.15. The Bertz CT molecular complexity index is 508. The van der Waals surface area contributed by atoms with Crippen LogP contribution in [-0.2, 0) is 9.53 Å². The number of rotatable bonds is 7. The molecule has 1 atom stereocenters. The maximum absolute atomic E-state index is 13.6. The Morgan fingerprint density at radius 2 is 2.00 bits per heavy atom. The number of para-hydroxylation sites is 1. The summed E-state index contributed by atoms with van der Waals surface area (Å²) in [5.41, 5.74) is 0.122. The van der Waals surface area contributed by atoms with E-state index < -0.39 is 11.8 Å². The van der Waals surface area contributed by atoms with E-state index in [2.05, 4.69) is 5.32 Å². The van der Waals surface area contributed by atoms with Crippen LogP contribution in [0.5, 0.6) is 0 Å². The van der Waals surface area contributed by atoms with Gasteiger partial charge in [-0.1, -0.05) is 19.1 Å². The lowest BCUT2D eigenvalue weighted by Gasteiger charge is -2.28. The molecule has 122 valence electrons. The molecule has 1 rings (SSSR count). The largest absolute Gasteiger partial charge is 0.466 e. The minimum absolute atomic E-state index is 0.0683. The molecule has 0 heterocycles. The molecule has 0 aromatic heterocycles. The second-order valence-electron chi connectivity index (χ2n) is 4.92. The standard InChI is InChI=1S/C16H23FN2O3/c1-4-12(3)19(11-10-15(20)22-5-2)16(21)18-14-9-7-6-8-13(14)17/h6-9,12H,4-5,10-11H2,1-3H3,(H,18,21). The van der Waals surface area contributed by atoms with Gasteiger partial charge >= 0.3 is 12.0 Å². The summed E-state index contributed by atoms with van der Waals surface area (Å²) in [5.74, 6) is -0.847. The first-order chi connectivity index (χ1) is 10.5. The summed E-state index contributed by atoms with van der Waals surface area (Å²) in [7, 11) is 0. The number of nitrogens with one attached hydrogen (secondary N) is 1. The minimum atomic E-state index is -0.495. The molecule has 1 aromatic carbocycles. The van der Waals surface area contributed by atoms with Gasteiger partial charge in [0.05, 0.1) is 18.7 Å². The van der Waals surface area contributed by atoms with Crippen LogP contribution in [0.25, 0.3) is 0 Å². The average molecular weight is 310 g/mol. The zero-order chi connectivity index (χ0) is 16.5. The first-order valence-corrected chi connectivity index (χ1v) is 7.47. The van der Waals surface area contributed by atoms with Crippen LogP contribution in [0, 0.1) is 5.82 Å². The number of carbonyl (C=O) groups excluding carboxylic acids is 2. The number of nitrogens with zero attached hydrogens (tertiary/aromatic N) is 1. The molecule has 0 fully saturated rings. The average Bonchev–Trinajstić information content (AvgIpc) is 2.49. The van der Waals surface area contributed by atoms with Gasteiger partial charge in [-0.15, -0.1) is 0 Å². The summed E-state index contributed by atoms with van der Waals surface area (Å²) in [6.45, 7) is 6.09. The molecule has 22 heavy (non-hydrogen) atoms. The van der Waals surface area contributed by atoms with Gasteiger partial charge in [-0.2, -0.15) is 0 Å². The number of carbonyl (C=O) groups is 2. The van der Waals surface area contributed by atoms with Crippen molar-refractivity contribution >= 4 is 17.7 Å². The van der Waals surface area contributed by atoms with Crippen molar-refractivity contribution in [2.45, 2.75) is 39.7 Å². The molecule has 1 aromatic rings. The van der Waals surface area contributed by atoms with E-state index in [4.69, 9.17) is 4.74 Å². The third kappa shape index (κ3) is 5.35. The first kappa shape index (κ1) is 17.9. The molecule has 1 unspecified atom stereocenters. The normalized spacial score (nSPS) is 11.6. The number of urea groups is 1. The molecule has 6 heteroatoms. The zero-order valence-electron chi connectivity index (χ0n) is 13.3. The molecule has 0 saturated heterocycles. The summed E-state index contributed by atoms with van der Waals surface area (Å²) in [4.78, 5) is 25.3. The van der Waals surface area contributed by atoms with Gasteiger partial charge in [0.1, 0.15) is 5.82 Å². The second-order valence-corrected chi connectivity index (χ2v) is 4.92. The molecule has 2 amide bonds. The number of ether oxygens (including phenoxy) is 1. The van der Waals surface area contributed by atoms with E-state index in [1.807, 2.05) is 13.8 Å². The van der Waals surface area contributed by atoms with Crippen LogP contribution in [-0.4, -0.2) is 36.1 Å². The lowest BCUT2D eigenvalue weighted by molar-refractivity contribution is -0.143. The van der Waals surface area contributed by atoms with Crippen molar-refractivity contribution < 1.29 is 18.7 Å². The molecule has 0 aliphatic carbocycles. The van der Waals surface area contributed by atoms with Crippen LogP contribution in [0.15, 0.2) is 24.3 Å². The highest BCUT2D eigenvalue weighted by molar-refractivity contribution is 5.89. The Labute approximate surface area is 130 Å². The molecule has 0 saturated carbocycles. The van der Waals surface area contributed by atoms with Gasteiger partial charge in [0, 0.05) is 12.6 Å². The van der Waals surface area contributed by atoms with Crippen molar-refractivity contribution in [2.75, 3.05) is 18.5 Å². The zero-order valence-corrected chi connectivity index (χ0v) is 13.3. The van der Waals surface area contributed by atoms with E-state index in [9.17, 15) is 14.0 Å². The fourth-order valence-electron chi connectivity index (χ4n) is 1.94.